The minimum atomic E-state index is -0.918. The van der Waals surface area contributed by atoms with Crippen LogP contribution in [0, 0.1) is 32.5 Å². The predicted octanol–water partition coefficient (Wildman–Crippen LogP) is 6.86. The summed E-state index contributed by atoms with van der Waals surface area (Å²) in [6.07, 6.45) is 0.943. The molecule has 0 heterocycles. The Bertz CT molecular complexity index is 1250. The van der Waals surface area contributed by atoms with Crippen LogP contribution in [0.25, 0.3) is 0 Å². The summed E-state index contributed by atoms with van der Waals surface area (Å²) in [5.74, 6) is -0.569. The second-order valence-electron chi connectivity index (χ2n) is 10.2. The van der Waals surface area contributed by atoms with Crippen LogP contribution in [0.15, 0.2) is 54.6 Å². The summed E-state index contributed by atoms with van der Waals surface area (Å²) >= 11 is 0. The monoisotopic (exact) mass is 505 g/mol. The van der Waals surface area contributed by atoms with Crippen molar-refractivity contribution in [3.63, 3.8) is 0 Å². The van der Waals surface area contributed by atoms with Crippen molar-refractivity contribution in [3.05, 3.63) is 99.4 Å². The van der Waals surface area contributed by atoms with Gasteiger partial charge in [-0.15, -0.1) is 0 Å². The standard InChI is InChI=1S/C31H36FNO4/c1-19(2)12-29(25-14-20(3)13-21(4)15-25)33-31(36)27-17-23(6-7-24(27)8-11-30(34)35)18-37-26-9-10-28(32)22(5)16-26/h6-7,9-10,13-17,19,29H,8,11-12,18H2,1-5H3,(H,33,36)(H,34,35). The van der Waals surface area contributed by atoms with E-state index in [0.717, 1.165) is 28.7 Å². The summed E-state index contributed by atoms with van der Waals surface area (Å²) in [5.41, 5.74) is 5.69. The molecule has 6 heteroatoms. The Morgan fingerprint density at radius 2 is 1.68 bits per heavy atom. The van der Waals surface area contributed by atoms with Crippen molar-refractivity contribution in [2.24, 2.45) is 5.92 Å². The molecule has 0 aromatic heterocycles. The largest absolute Gasteiger partial charge is 0.489 e. The van der Waals surface area contributed by atoms with Gasteiger partial charge in [-0.05, 0) is 86.1 Å². The SMILES string of the molecule is Cc1cc(C)cc(C(CC(C)C)NC(=O)c2cc(COc3ccc(F)c(C)c3)ccc2CCC(=O)O)c1. The zero-order chi connectivity index (χ0) is 27.1. The maximum Gasteiger partial charge on any atom is 0.303 e. The van der Waals surface area contributed by atoms with Crippen LogP contribution in [0.4, 0.5) is 4.39 Å². The summed E-state index contributed by atoms with van der Waals surface area (Å²) in [6, 6.07) is 16.1. The molecule has 0 aliphatic rings. The van der Waals surface area contributed by atoms with Crippen molar-refractivity contribution < 1.29 is 23.8 Å². The Labute approximate surface area is 218 Å². The molecule has 0 bridgehead atoms. The van der Waals surface area contributed by atoms with Gasteiger partial charge >= 0.3 is 5.97 Å². The van der Waals surface area contributed by atoms with Gasteiger partial charge in [-0.25, -0.2) is 4.39 Å². The van der Waals surface area contributed by atoms with Gasteiger partial charge in [0, 0.05) is 12.0 Å². The highest BCUT2D eigenvalue weighted by atomic mass is 19.1. The Morgan fingerprint density at radius 3 is 2.30 bits per heavy atom. The van der Waals surface area contributed by atoms with Crippen LogP contribution in [-0.2, 0) is 17.8 Å². The van der Waals surface area contributed by atoms with Crippen LogP contribution in [0.1, 0.15) is 76.5 Å². The van der Waals surface area contributed by atoms with E-state index in [9.17, 15) is 19.1 Å². The van der Waals surface area contributed by atoms with Crippen molar-refractivity contribution >= 4 is 11.9 Å². The fourth-order valence-corrected chi connectivity index (χ4v) is 4.45. The van der Waals surface area contributed by atoms with Gasteiger partial charge < -0.3 is 15.2 Å². The lowest BCUT2D eigenvalue weighted by Crippen LogP contribution is -2.30. The number of hydrogen-bond acceptors (Lipinski definition) is 3. The van der Waals surface area contributed by atoms with E-state index < -0.39 is 5.97 Å². The molecule has 0 radical (unpaired) electrons. The van der Waals surface area contributed by atoms with Crippen molar-refractivity contribution in [2.45, 2.75) is 66.5 Å². The molecular formula is C31H36FNO4. The third kappa shape index (κ3) is 8.17. The fourth-order valence-electron chi connectivity index (χ4n) is 4.45. The van der Waals surface area contributed by atoms with E-state index in [-0.39, 0.29) is 37.2 Å². The predicted molar refractivity (Wildman–Crippen MR) is 143 cm³/mol. The van der Waals surface area contributed by atoms with E-state index in [1.807, 2.05) is 19.9 Å². The van der Waals surface area contributed by atoms with E-state index in [1.54, 1.807) is 31.2 Å². The smallest absolute Gasteiger partial charge is 0.303 e. The molecule has 0 saturated heterocycles. The fraction of sp³-hybridized carbons (Fsp3) is 0.355. The second-order valence-corrected chi connectivity index (χ2v) is 10.2. The van der Waals surface area contributed by atoms with Crippen LogP contribution >= 0.6 is 0 Å². The maximum absolute atomic E-state index is 13.6. The molecule has 0 fully saturated rings. The first-order valence-electron chi connectivity index (χ1n) is 12.6. The molecule has 3 aromatic carbocycles. The molecule has 0 aliphatic carbocycles. The normalized spacial score (nSPS) is 11.9. The number of carboxylic acid groups (broad SMARTS) is 1. The zero-order valence-corrected chi connectivity index (χ0v) is 22.2. The number of aryl methyl sites for hydroxylation is 4. The lowest BCUT2D eigenvalue weighted by molar-refractivity contribution is -0.136. The Balaban J connectivity index is 1.88. The third-order valence-corrected chi connectivity index (χ3v) is 6.22. The molecule has 3 aromatic rings. The zero-order valence-electron chi connectivity index (χ0n) is 22.2. The van der Waals surface area contributed by atoms with Gasteiger partial charge in [-0.1, -0.05) is 55.3 Å². The number of aliphatic carboxylic acids is 1. The van der Waals surface area contributed by atoms with Crippen LogP contribution in [-0.4, -0.2) is 17.0 Å². The highest BCUT2D eigenvalue weighted by Gasteiger charge is 2.20. The molecule has 0 aliphatic heterocycles. The molecule has 1 amide bonds. The number of amides is 1. The molecule has 1 unspecified atom stereocenters. The highest BCUT2D eigenvalue weighted by molar-refractivity contribution is 5.96. The first kappa shape index (κ1) is 27.9. The second kappa shape index (κ2) is 12.5. The third-order valence-electron chi connectivity index (χ3n) is 6.22. The van der Waals surface area contributed by atoms with Crippen molar-refractivity contribution in [2.75, 3.05) is 0 Å². The summed E-state index contributed by atoms with van der Waals surface area (Å²) < 4.78 is 19.4. The Morgan fingerprint density at radius 1 is 0.973 bits per heavy atom. The van der Waals surface area contributed by atoms with E-state index in [1.165, 1.54) is 6.07 Å². The van der Waals surface area contributed by atoms with Crippen LogP contribution in [0.3, 0.4) is 0 Å². The molecule has 1 atom stereocenters. The quantitative estimate of drug-likeness (QED) is 0.298. The van der Waals surface area contributed by atoms with Crippen molar-refractivity contribution in [1.82, 2.24) is 5.32 Å². The van der Waals surface area contributed by atoms with Gasteiger partial charge in [0.05, 0.1) is 6.04 Å². The lowest BCUT2D eigenvalue weighted by Gasteiger charge is -2.23. The summed E-state index contributed by atoms with van der Waals surface area (Å²) in [6.45, 7) is 10.2. The van der Waals surface area contributed by atoms with Crippen molar-refractivity contribution in [1.29, 1.82) is 0 Å². The molecule has 3 rings (SSSR count). The van der Waals surface area contributed by atoms with Gasteiger partial charge in [0.15, 0.2) is 0 Å². The molecule has 2 N–H and O–H groups in total. The highest BCUT2D eigenvalue weighted by Crippen LogP contribution is 2.25. The van der Waals surface area contributed by atoms with Crippen LogP contribution < -0.4 is 10.1 Å². The number of carboxylic acids is 1. The Kier molecular flexibility index (Phi) is 9.45. The molecular weight excluding hydrogens is 469 g/mol. The van der Waals surface area contributed by atoms with Crippen LogP contribution in [0.2, 0.25) is 0 Å². The minimum absolute atomic E-state index is 0.0719. The summed E-state index contributed by atoms with van der Waals surface area (Å²) in [7, 11) is 0. The molecule has 0 spiro atoms. The number of nitrogens with one attached hydrogen (secondary N) is 1. The number of halogens is 1. The topological polar surface area (TPSA) is 75.6 Å². The van der Waals surface area contributed by atoms with Gasteiger partial charge in [-0.2, -0.15) is 0 Å². The van der Waals surface area contributed by atoms with E-state index in [0.29, 0.717) is 28.4 Å². The first-order valence-corrected chi connectivity index (χ1v) is 12.6. The lowest BCUT2D eigenvalue weighted by atomic mass is 9.93. The molecule has 37 heavy (non-hydrogen) atoms. The average Bonchev–Trinajstić information content (AvgIpc) is 2.82. The number of carbonyl (C=O) groups is 2. The van der Waals surface area contributed by atoms with E-state index in [2.05, 4.69) is 37.4 Å². The maximum atomic E-state index is 13.6. The number of rotatable bonds is 11. The van der Waals surface area contributed by atoms with Gasteiger partial charge in [0.1, 0.15) is 18.2 Å². The molecule has 5 nitrogen and oxygen atoms in total. The van der Waals surface area contributed by atoms with E-state index >= 15 is 0 Å². The number of carbonyl (C=O) groups excluding carboxylic acids is 1. The molecule has 0 saturated carbocycles. The Hall–Kier alpha value is -3.67. The minimum Gasteiger partial charge on any atom is -0.489 e. The average molecular weight is 506 g/mol. The van der Waals surface area contributed by atoms with Gasteiger partial charge in [0.25, 0.3) is 5.91 Å². The number of hydrogen-bond donors (Lipinski definition) is 2. The van der Waals surface area contributed by atoms with Gasteiger partial charge in [-0.3, -0.25) is 9.59 Å². The number of benzene rings is 3. The first-order chi connectivity index (χ1) is 17.5. The number of ether oxygens (including phenoxy) is 1. The molecule has 196 valence electrons. The van der Waals surface area contributed by atoms with Crippen molar-refractivity contribution in [3.8, 4) is 5.75 Å². The summed E-state index contributed by atoms with van der Waals surface area (Å²) in [4.78, 5) is 24.8. The van der Waals surface area contributed by atoms with Crippen LogP contribution in [0.5, 0.6) is 5.75 Å². The summed E-state index contributed by atoms with van der Waals surface area (Å²) in [5, 5.41) is 12.4. The van der Waals surface area contributed by atoms with Gasteiger partial charge in [0.2, 0.25) is 0 Å². The van der Waals surface area contributed by atoms with E-state index in [4.69, 9.17) is 4.74 Å².